The Hall–Kier alpha value is -2.63. The van der Waals surface area contributed by atoms with Crippen molar-refractivity contribution in [2.24, 2.45) is 0 Å². The molecule has 164 valence electrons. The second kappa shape index (κ2) is 8.85. The highest BCUT2D eigenvalue weighted by Gasteiger charge is 2.32. The van der Waals surface area contributed by atoms with Crippen LogP contribution in [0.25, 0.3) is 0 Å². The van der Waals surface area contributed by atoms with E-state index in [1.807, 2.05) is 0 Å². The molecule has 0 aliphatic carbocycles. The zero-order valence-corrected chi connectivity index (χ0v) is 17.7. The average Bonchev–Trinajstić information content (AvgIpc) is 3.23. The van der Waals surface area contributed by atoms with Crippen LogP contribution in [-0.2, 0) is 21.0 Å². The monoisotopic (exact) mass is 492 g/mol. The molecule has 1 amide bonds. The quantitative estimate of drug-likeness (QED) is 0.469. The van der Waals surface area contributed by atoms with Crippen molar-refractivity contribution in [3.63, 3.8) is 0 Å². The molecule has 0 unspecified atom stereocenters. The van der Waals surface area contributed by atoms with Gasteiger partial charge in [0.05, 0.1) is 22.0 Å². The average molecular weight is 493 g/mol. The van der Waals surface area contributed by atoms with Gasteiger partial charge in [-0.1, -0.05) is 29.8 Å². The Morgan fingerprint density at radius 1 is 1.10 bits per heavy atom. The molecule has 0 saturated heterocycles. The summed E-state index contributed by atoms with van der Waals surface area (Å²) in [7, 11) is -4.32. The second-order valence-corrected chi connectivity index (χ2v) is 9.58. The standard InChI is InChI=1S/C19H13ClF4N2O3S2/c20-13-8-7-12(19(22,23)24)10-15(13)25-17(27)11-26(16-5-2-1-4-14(16)21)31(28,29)18-6-3-9-30-18/h1-10H,11H2,(H,25,27). The fraction of sp³-hybridized carbons (Fsp3) is 0.105. The first-order valence-corrected chi connectivity index (χ1v) is 11.2. The van der Waals surface area contributed by atoms with Gasteiger partial charge in [0.15, 0.2) is 0 Å². The number of anilines is 2. The van der Waals surface area contributed by atoms with E-state index in [9.17, 15) is 30.8 Å². The van der Waals surface area contributed by atoms with Crippen molar-refractivity contribution in [2.75, 3.05) is 16.2 Å². The molecular formula is C19H13ClF4N2O3S2. The van der Waals surface area contributed by atoms with Crippen molar-refractivity contribution in [1.82, 2.24) is 0 Å². The Morgan fingerprint density at radius 2 is 1.81 bits per heavy atom. The van der Waals surface area contributed by atoms with Gasteiger partial charge >= 0.3 is 6.18 Å². The number of amides is 1. The summed E-state index contributed by atoms with van der Waals surface area (Å²) in [6, 6.07) is 10.0. The van der Waals surface area contributed by atoms with Gasteiger partial charge in [-0.2, -0.15) is 13.2 Å². The smallest absolute Gasteiger partial charge is 0.323 e. The summed E-state index contributed by atoms with van der Waals surface area (Å²) in [4.78, 5) is 12.6. The van der Waals surface area contributed by atoms with Crippen LogP contribution < -0.4 is 9.62 Å². The number of carbonyl (C=O) groups excluding carboxylic acids is 1. The zero-order chi connectivity index (χ0) is 22.8. The number of hydrogen-bond donors (Lipinski definition) is 1. The molecule has 0 bridgehead atoms. The van der Waals surface area contributed by atoms with Crippen LogP contribution in [-0.4, -0.2) is 20.9 Å². The van der Waals surface area contributed by atoms with E-state index in [0.29, 0.717) is 10.4 Å². The third-order valence-corrected chi connectivity index (χ3v) is 7.48. The van der Waals surface area contributed by atoms with Crippen LogP contribution >= 0.6 is 22.9 Å². The summed E-state index contributed by atoms with van der Waals surface area (Å²) in [6.45, 7) is -0.895. The van der Waals surface area contributed by atoms with Gasteiger partial charge in [-0.25, -0.2) is 12.8 Å². The molecule has 0 radical (unpaired) electrons. The number of carbonyl (C=O) groups is 1. The highest BCUT2D eigenvalue weighted by Crippen LogP contribution is 2.34. The molecule has 1 aromatic heterocycles. The molecule has 3 aromatic rings. The molecule has 1 N–H and O–H groups in total. The molecule has 0 saturated carbocycles. The van der Waals surface area contributed by atoms with Crippen LogP contribution in [0, 0.1) is 5.82 Å². The fourth-order valence-corrected chi connectivity index (χ4v) is 5.29. The molecule has 0 spiro atoms. The number of halogens is 5. The molecule has 31 heavy (non-hydrogen) atoms. The van der Waals surface area contributed by atoms with E-state index in [2.05, 4.69) is 5.32 Å². The lowest BCUT2D eigenvalue weighted by Gasteiger charge is -2.24. The summed E-state index contributed by atoms with van der Waals surface area (Å²) in [5, 5.41) is 3.48. The topological polar surface area (TPSA) is 66.5 Å². The molecule has 3 rings (SSSR count). The Kier molecular flexibility index (Phi) is 6.58. The summed E-state index contributed by atoms with van der Waals surface area (Å²) < 4.78 is 79.6. The van der Waals surface area contributed by atoms with Gasteiger partial charge in [0.1, 0.15) is 16.6 Å². The van der Waals surface area contributed by atoms with Crippen molar-refractivity contribution in [2.45, 2.75) is 10.4 Å². The van der Waals surface area contributed by atoms with Gasteiger partial charge in [-0.3, -0.25) is 9.10 Å². The number of sulfonamides is 1. The fourth-order valence-electron chi connectivity index (χ4n) is 2.59. The largest absolute Gasteiger partial charge is 0.416 e. The third-order valence-electron chi connectivity index (χ3n) is 4.02. The maximum absolute atomic E-state index is 14.4. The highest BCUT2D eigenvalue weighted by molar-refractivity contribution is 7.94. The lowest BCUT2D eigenvalue weighted by Crippen LogP contribution is -2.38. The van der Waals surface area contributed by atoms with Crippen LogP contribution in [0.3, 0.4) is 0 Å². The van der Waals surface area contributed by atoms with E-state index in [1.54, 1.807) is 0 Å². The molecule has 0 aliphatic heterocycles. The van der Waals surface area contributed by atoms with Crippen LogP contribution in [0.5, 0.6) is 0 Å². The van der Waals surface area contributed by atoms with Gasteiger partial charge < -0.3 is 5.32 Å². The van der Waals surface area contributed by atoms with Gasteiger partial charge in [-0.05, 0) is 41.8 Å². The van der Waals surface area contributed by atoms with Crippen LogP contribution in [0.15, 0.2) is 64.2 Å². The van der Waals surface area contributed by atoms with E-state index in [0.717, 1.165) is 29.5 Å². The second-order valence-electron chi connectivity index (χ2n) is 6.14. The molecule has 5 nitrogen and oxygen atoms in total. The Bertz CT molecular complexity index is 1200. The van der Waals surface area contributed by atoms with Gasteiger partial charge in [0.25, 0.3) is 10.0 Å². The van der Waals surface area contributed by atoms with Crippen molar-refractivity contribution in [1.29, 1.82) is 0 Å². The van der Waals surface area contributed by atoms with Gasteiger partial charge in [0, 0.05) is 0 Å². The maximum atomic E-state index is 14.4. The predicted molar refractivity (Wildman–Crippen MR) is 110 cm³/mol. The molecule has 2 aromatic carbocycles. The number of para-hydroxylation sites is 1. The van der Waals surface area contributed by atoms with Crippen molar-refractivity contribution >= 4 is 50.2 Å². The van der Waals surface area contributed by atoms with Crippen molar-refractivity contribution < 1.29 is 30.8 Å². The maximum Gasteiger partial charge on any atom is 0.416 e. The Balaban J connectivity index is 1.94. The Morgan fingerprint density at radius 3 is 2.42 bits per heavy atom. The van der Waals surface area contributed by atoms with Gasteiger partial charge in [0.2, 0.25) is 5.91 Å². The van der Waals surface area contributed by atoms with Crippen molar-refractivity contribution in [3.05, 3.63) is 76.4 Å². The SMILES string of the molecule is O=C(CN(c1ccccc1F)S(=O)(=O)c1cccs1)Nc1cc(C(F)(F)F)ccc1Cl. The van der Waals surface area contributed by atoms with Crippen molar-refractivity contribution in [3.8, 4) is 0 Å². The summed E-state index contributed by atoms with van der Waals surface area (Å²) >= 11 is 6.74. The lowest BCUT2D eigenvalue weighted by molar-refractivity contribution is -0.137. The van der Waals surface area contributed by atoms with E-state index in [4.69, 9.17) is 11.6 Å². The van der Waals surface area contributed by atoms with Gasteiger partial charge in [-0.15, -0.1) is 11.3 Å². The number of nitrogens with one attached hydrogen (secondary N) is 1. The first kappa shape index (κ1) is 23.0. The Labute approximate surface area is 183 Å². The summed E-state index contributed by atoms with van der Waals surface area (Å²) in [5.41, 5.74) is -1.80. The highest BCUT2D eigenvalue weighted by atomic mass is 35.5. The minimum atomic E-state index is -4.67. The number of hydrogen-bond acceptors (Lipinski definition) is 4. The molecular weight excluding hydrogens is 480 g/mol. The number of benzene rings is 2. The molecule has 0 atom stereocenters. The zero-order valence-electron chi connectivity index (χ0n) is 15.4. The number of alkyl halides is 3. The summed E-state index contributed by atoms with van der Waals surface area (Å²) in [6.07, 6.45) is -4.67. The summed E-state index contributed by atoms with van der Waals surface area (Å²) in [5.74, 6) is -1.91. The number of nitrogens with zero attached hydrogens (tertiary/aromatic N) is 1. The first-order valence-electron chi connectivity index (χ1n) is 8.47. The normalized spacial score (nSPS) is 11.9. The first-order chi connectivity index (χ1) is 14.5. The third kappa shape index (κ3) is 5.17. The van der Waals surface area contributed by atoms with Crippen LogP contribution in [0.2, 0.25) is 5.02 Å². The van der Waals surface area contributed by atoms with E-state index in [-0.39, 0.29) is 20.6 Å². The minimum absolute atomic E-state index is 0.138. The predicted octanol–water partition coefficient (Wildman–Crippen LogP) is 5.39. The molecule has 0 aliphatic rings. The molecule has 12 heteroatoms. The minimum Gasteiger partial charge on any atom is -0.323 e. The molecule has 0 fully saturated rings. The number of thiophene rings is 1. The van der Waals surface area contributed by atoms with Crippen LogP contribution in [0.1, 0.15) is 5.56 Å². The van der Waals surface area contributed by atoms with E-state index in [1.165, 1.54) is 35.7 Å². The molecule has 1 heterocycles. The lowest BCUT2D eigenvalue weighted by atomic mass is 10.2. The van der Waals surface area contributed by atoms with E-state index >= 15 is 0 Å². The van der Waals surface area contributed by atoms with Crippen LogP contribution in [0.4, 0.5) is 28.9 Å². The number of rotatable bonds is 6. The van der Waals surface area contributed by atoms with E-state index < -0.39 is 40.0 Å².